The number of carbonyl (C=O) groups is 2. The second kappa shape index (κ2) is 6.19. The highest BCUT2D eigenvalue weighted by molar-refractivity contribution is 5.89. The van der Waals surface area contributed by atoms with Gasteiger partial charge >= 0.3 is 0 Å². The fourth-order valence-corrected chi connectivity index (χ4v) is 2.48. The molecule has 2 nitrogen and oxygen atoms in total. The van der Waals surface area contributed by atoms with Gasteiger partial charge in [0, 0.05) is 11.1 Å². The Labute approximate surface area is 129 Å². The van der Waals surface area contributed by atoms with Crippen LogP contribution >= 0.6 is 0 Å². The van der Waals surface area contributed by atoms with Crippen molar-refractivity contribution in [3.8, 4) is 22.3 Å². The van der Waals surface area contributed by atoms with E-state index in [1.54, 1.807) is 12.1 Å². The number of rotatable bonds is 4. The van der Waals surface area contributed by atoms with Crippen molar-refractivity contribution in [2.75, 3.05) is 0 Å². The molecule has 0 fully saturated rings. The van der Waals surface area contributed by atoms with Gasteiger partial charge in [0.1, 0.15) is 12.6 Å². The van der Waals surface area contributed by atoms with Crippen LogP contribution in [0.1, 0.15) is 20.7 Å². The lowest BCUT2D eigenvalue weighted by molar-refractivity contribution is 0.111. The molecule has 0 saturated heterocycles. The Morgan fingerprint density at radius 3 is 1.77 bits per heavy atom. The van der Waals surface area contributed by atoms with Crippen molar-refractivity contribution in [3.05, 3.63) is 83.9 Å². The predicted molar refractivity (Wildman–Crippen MR) is 88.1 cm³/mol. The summed E-state index contributed by atoms with van der Waals surface area (Å²) in [6, 6.07) is 23.1. The average molecular weight is 286 g/mol. The van der Waals surface area contributed by atoms with Crippen molar-refractivity contribution in [3.63, 3.8) is 0 Å². The van der Waals surface area contributed by atoms with Crippen molar-refractivity contribution in [1.82, 2.24) is 0 Å². The van der Waals surface area contributed by atoms with Gasteiger partial charge in [0.2, 0.25) is 0 Å². The molecule has 0 bridgehead atoms. The summed E-state index contributed by atoms with van der Waals surface area (Å²) in [5.74, 6) is 0. The van der Waals surface area contributed by atoms with Crippen LogP contribution in [0.25, 0.3) is 22.3 Å². The first-order valence-electron chi connectivity index (χ1n) is 7.02. The van der Waals surface area contributed by atoms with E-state index in [0.29, 0.717) is 11.1 Å². The SMILES string of the molecule is O=Cc1ccc(-c2cc(C=O)ccc2-c2ccccc2)cc1. The zero-order valence-electron chi connectivity index (χ0n) is 11.9. The van der Waals surface area contributed by atoms with Gasteiger partial charge in [-0.2, -0.15) is 0 Å². The fraction of sp³-hybridized carbons (Fsp3) is 0. The minimum absolute atomic E-state index is 0.633. The molecule has 0 N–H and O–H groups in total. The summed E-state index contributed by atoms with van der Waals surface area (Å²) >= 11 is 0. The minimum atomic E-state index is 0.633. The standard InChI is InChI=1S/C20H14O2/c21-13-15-6-9-18(10-7-15)20-12-16(14-22)8-11-19(20)17-4-2-1-3-5-17/h1-14H. The second-order valence-electron chi connectivity index (χ2n) is 5.03. The Hall–Kier alpha value is -3.00. The zero-order valence-corrected chi connectivity index (χ0v) is 11.9. The molecule has 0 atom stereocenters. The van der Waals surface area contributed by atoms with Crippen molar-refractivity contribution in [2.45, 2.75) is 0 Å². The van der Waals surface area contributed by atoms with Gasteiger partial charge < -0.3 is 0 Å². The summed E-state index contributed by atoms with van der Waals surface area (Å²) in [5, 5.41) is 0. The molecule has 0 amide bonds. The molecule has 0 aliphatic rings. The molecule has 0 unspecified atom stereocenters. The maximum Gasteiger partial charge on any atom is 0.150 e. The van der Waals surface area contributed by atoms with Crippen molar-refractivity contribution in [2.24, 2.45) is 0 Å². The van der Waals surface area contributed by atoms with Crippen LogP contribution in [-0.4, -0.2) is 12.6 Å². The number of carbonyl (C=O) groups excluding carboxylic acids is 2. The molecular formula is C20H14O2. The molecule has 3 aromatic carbocycles. The van der Waals surface area contributed by atoms with Crippen molar-refractivity contribution < 1.29 is 9.59 Å². The van der Waals surface area contributed by atoms with Crippen LogP contribution in [0.2, 0.25) is 0 Å². The third kappa shape index (κ3) is 2.72. The van der Waals surface area contributed by atoms with E-state index in [-0.39, 0.29) is 0 Å². The normalized spacial score (nSPS) is 10.2. The molecule has 3 rings (SSSR count). The summed E-state index contributed by atoms with van der Waals surface area (Å²) in [6.07, 6.45) is 1.67. The molecule has 0 saturated carbocycles. The molecule has 0 spiro atoms. The predicted octanol–water partition coefficient (Wildman–Crippen LogP) is 4.65. The minimum Gasteiger partial charge on any atom is -0.298 e. The highest BCUT2D eigenvalue weighted by atomic mass is 16.1. The van der Waals surface area contributed by atoms with E-state index in [1.165, 1.54) is 0 Å². The van der Waals surface area contributed by atoms with Gasteiger partial charge in [-0.3, -0.25) is 9.59 Å². The van der Waals surface area contributed by atoms with Gasteiger partial charge in [0.25, 0.3) is 0 Å². The molecule has 22 heavy (non-hydrogen) atoms. The quantitative estimate of drug-likeness (QED) is 0.654. The number of aldehydes is 2. The molecule has 0 heterocycles. The molecule has 106 valence electrons. The van der Waals surface area contributed by atoms with E-state index in [4.69, 9.17) is 0 Å². The van der Waals surface area contributed by atoms with Crippen LogP contribution in [-0.2, 0) is 0 Å². The molecule has 2 heteroatoms. The highest BCUT2D eigenvalue weighted by Crippen LogP contribution is 2.32. The van der Waals surface area contributed by atoms with Gasteiger partial charge in [0.15, 0.2) is 0 Å². The summed E-state index contributed by atoms with van der Waals surface area (Å²) in [7, 11) is 0. The van der Waals surface area contributed by atoms with Crippen molar-refractivity contribution >= 4 is 12.6 Å². The zero-order chi connectivity index (χ0) is 15.4. The van der Waals surface area contributed by atoms with Gasteiger partial charge in [0.05, 0.1) is 0 Å². The fourth-order valence-electron chi connectivity index (χ4n) is 2.48. The molecule has 0 aliphatic heterocycles. The molecule has 0 aromatic heterocycles. The van der Waals surface area contributed by atoms with Gasteiger partial charge in [-0.25, -0.2) is 0 Å². The van der Waals surface area contributed by atoms with Gasteiger partial charge in [-0.05, 0) is 28.3 Å². The number of benzene rings is 3. The third-order valence-electron chi connectivity index (χ3n) is 3.62. The van der Waals surface area contributed by atoms with Crippen LogP contribution in [0.5, 0.6) is 0 Å². The lowest BCUT2D eigenvalue weighted by Crippen LogP contribution is -1.89. The monoisotopic (exact) mass is 286 g/mol. The van der Waals surface area contributed by atoms with Crippen LogP contribution in [0.4, 0.5) is 0 Å². The highest BCUT2D eigenvalue weighted by Gasteiger charge is 2.08. The first kappa shape index (κ1) is 14.0. The van der Waals surface area contributed by atoms with Gasteiger partial charge in [-0.1, -0.05) is 66.7 Å². The number of hydrogen-bond acceptors (Lipinski definition) is 2. The molecule has 0 aliphatic carbocycles. The number of hydrogen-bond donors (Lipinski definition) is 0. The third-order valence-corrected chi connectivity index (χ3v) is 3.62. The van der Waals surface area contributed by atoms with E-state index < -0.39 is 0 Å². The first-order valence-corrected chi connectivity index (χ1v) is 7.02. The Morgan fingerprint density at radius 2 is 1.14 bits per heavy atom. The lowest BCUT2D eigenvalue weighted by atomic mass is 9.92. The smallest absolute Gasteiger partial charge is 0.150 e. The largest absolute Gasteiger partial charge is 0.298 e. The van der Waals surface area contributed by atoms with Crippen LogP contribution < -0.4 is 0 Å². The second-order valence-corrected chi connectivity index (χ2v) is 5.03. The van der Waals surface area contributed by atoms with Crippen molar-refractivity contribution in [1.29, 1.82) is 0 Å². The maximum atomic E-state index is 11.1. The van der Waals surface area contributed by atoms with Crippen LogP contribution in [0.3, 0.4) is 0 Å². The summed E-state index contributed by atoms with van der Waals surface area (Å²) in [6.45, 7) is 0. The van der Waals surface area contributed by atoms with E-state index in [9.17, 15) is 9.59 Å². The van der Waals surface area contributed by atoms with Crippen LogP contribution in [0.15, 0.2) is 72.8 Å². The Bertz CT molecular complexity index is 803. The maximum absolute atomic E-state index is 11.1. The molecule has 0 radical (unpaired) electrons. The molecule has 3 aromatic rings. The van der Waals surface area contributed by atoms with Crippen LogP contribution in [0, 0.1) is 0 Å². The van der Waals surface area contributed by atoms with Gasteiger partial charge in [-0.15, -0.1) is 0 Å². The summed E-state index contributed by atoms with van der Waals surface area (Å²) in [4.78, 5) is 21.9. The average Bonchev–Trinajstić information content (AvgIpc) is 2.62. The first-order chi connectivity index (χ1) is 10.8. The molecular weight excluding hydrogens is 272 g/mol. The Kier molecular flexibility index (Phi) is 3.92. The topological polar surface area (TPSA) is 34.1 Å². The summed E-state index contributed by atoms with van der Waals surface area (Å²) in [5.41, 5.74) is 5.38. The van der Waals surface area contributed by atoms with E-state index in [0.717, 1.165) is 34.8 Å². The Balaban J connectivity index is 2.18. The van der Waals surface area contributed by atoms with E-state index >= 15 is 0 Å². The summed E-state index contributed by atoms with van der Waals surface area (Å²) < 4.78 is 0. The Morgan fingerprint density at radius 1 is 0.545 bits per heavy atom. The van der Waals surface area contributed by atoms with E-state index in [2.05, 4.69) is 0 Å². The lowest BCUT2D eigenvalue weighted by Gasteiger charge is -2.11. The van der Waals surface area contributed by atoms with E-state index in [1.807, 2.05) is 60.7 Å².